The molecule has 1 aromatic rings. The number of nitrogens with one attached hydrogen (secondary N) is 2. The highest BCUT2D eigenvalue weighted by molar-refractivity contribution is 6.35. The molecule has 0 radical (unpaired) electrons. The van der Waals surface area contributed by atoms with Crippen molar-refractivity contribution in [2.45, 2.75) is 31.7 Å². The number of halogens is 2. The highest BCUT2D eigenvalue weighted by Crippen LogP contribution is 2.25. The van der Waals surface area contributed by atoms with Crippen molar-refractivity contribution in [1.82, 2.24) is 5.32 Å². The Hall–Kier alpha value is -0.970. The van der Waals surface area contributed by atoms with Crippen LogP contribution in [0.25, 0.3) is 0 Å². The van der Waals surface area contributed by atoms with Gasteiger partial charge in [-0.2, -0.15) is 0 Å². The van der Waals surface area contributed by atoms with Gasteiger partial charge in [-0.25, -0.2) is 4.79 Å². The molecule has 2 rings (SSSR count). The molecule has 1 fully saturated rings. The van der Waals surface area contributed by atoms with E-state index in [-0.39, 0.29) is 0 Å². The van der Waals surface area contributed by atoms with Gasteiger partial charge in [0.2, 0.25) is 0 Å². The molecular weight excluding hydrogens is 299 g/mol. The van der Waals surface area contributed by atoms with Crippen molar-refractivity contribution in [3.8, 4) is 0 Å². The van der Waals surface area contributed by atoms with Crippen LogP contribution in [0.5, 0.6) is 0 Å². The Morgan fingerprint density at radius 2 is 2.25 bits per heavy atom. The largest absolute Gasteiger partial charge is 0.449 e. The fourth-order valence-electron chi connectivity index (χ4n) is 2.20. The fourth-order valence-corrected chi connectivity index (χ4v) is 2.54. The second-order valence-corrected chi connectivity index (χ2v) is 5.66. The van der Waals surface area contributed by atoms with Crippen molar-refractivity contribution >= 4 is 35.0 Å². The summed E-state index contributed by atoms with van der Waals surface area (Å²) < 4.78 is 5.15. The van der Waals surface area contributed by atoms with Crippen molar-refractivity contribution in [3.05, 3.63) is 28.2 Å². The van der Waals surface area contributed by atoms with E-state index in [0.717, 1.165) is 19.4 Å². The van der Waals surface area contributed by atoms with Crippen LogP contribution in [0.3, 0.4) is 0 Å². The number of anilines is 1. The van der Waals surface area contributed by atoms with Gasteiger partial charge in [-0.1, -0.05) is 29.6 Å². The summed E-state index contributed by atoms with van der Waals surface area (Å²) in [5, 5.41) is 6.94. The molecule has 1 heterocycles. The summed E-state index contributed by atoms with van der Waals surface area (Å²) in [6.07, 6.45) is 3.93. The average Bonchev–Trinajstić information content (AvgIpc) is 2.44. The smallest absolute Gasteiger partial charge is 0.411 e. The number of carbonyl (C=O) groups excluding carboxylic acids is 1. The van der Waals surface area contributed by atoms with Crippen LogP contribution >= 0.6 is 23.2 Å². The highest BCUT2D eigenvalue weighted by atomic mass is 35.5. The maximum absolute atomic E-state index is 11.7. The minimum atomic E-state index is -0.509. The third-order valence-corrected chi connectivity index (χ3v) is 3.84. The first-order chi connectivity index (χ1) is 9.65. The zero-order chi connectivity index (χ0) is 14.4. The first-order valence-corrected chi connectivity index (χ1v) is 7.53. The van der Waals surface area contributed by atoms with Gasteiger partial charge in [-0.05, 0) is 44.0 Å². The molecule has 0 aliphatic carbocycles. The van der Waals surface area contributed by atoms with Crippen LogP contribution in [-0.2, 0) is 4.74 Å². The topological polar surface area (TPSA) is 50.4 Å². The Morgan fingerprint density at radius 3 is 3.00 bits per heavy atom. The molecule has 0 aromatic heterocycles. The Morgan fingerprint density at radius 1 is 1.40 bits per heavy atom. The minimum absolute atomic E-state index is 0.391. The number of benzene rings is 1. The van der Waals surface area contributed by atoms with Crippen molar-refractivity contribution in [1.29, 1.82) is 0 Å². The van der Waals surface area contributed by atoms with Gasteiger partial charge in [0.05, 0.1) is 17.3 Å². The van der Waals surface area contributed by atoms with E-state index in [4.69, 9.17) is 27.9 Å². The first-order valence-electron chi connectivity index (χ1n) is 6.77. The Labute approximate surface area is 128 Å². The number of hydrogen-bond acceptors (Lipinski definition) is 3. The van der Waals surface area contributed by atoms with Crippen molar-refractivity contribution < 1.29 is 9.53 Å². The molecule has 1 aliphatic heterocycles. The van der Waals surface area contributed by atoms with Crippen LogP contribution in [-0.4, -0.2) is 25.3 Å². The zero-order valence-electron chi connectivity index (χ0n) is 11.1. The normalized spacial score (nSPS) is 18.6. The van der Waals surface area contributed by atoms with Crippen LogP contribution in [0, 0.1) is 0 Å². The molecule has 1 atom stereocenters. The molecule has 0 spiro atoms. The van der Waals surface area contributed by atoms with Gasteiger partial charge < -0.3 is 10.1 Å². The Balaban J connectivity index is 1.73. The van der Waals surface area contributed by atoms with Gasteiger partial charge in [-0.3, -0.25) is 5.32 Å². The van der Waals surface area contributed by atoms with E-state index in [1.807, 2.05) is 0 Å². The van der Waals surface area contributed by atoms with Crippen LogP contribution < -0.4 is 10.6 Å². The molecule has 6 heteroatoms. The lowest BCUT2D eigenvalue weighted by atomic mass is 10.0. The maximum atomic E-state index is 11.7. The Bertz CT molecular complexity index is 462. The second kappa shape index (κ2) is 7.72. The summed E-state index contributed by atoms with van der Waals surface area (Å²) in [5.74, 6) is 0. The molecule has 20 heavy (non-hydrogen) atoms. The summed E-state index contributed by atoms with van der Waals surface area (Å²) in [6.45, 7) is 1.44. The molecule has 0 saturated carbocycles. The molecule has 110 valence electrons. The molecule has 1 aliphatic rings. The summed E-state index contributed by atoms with van der Waals surface area (Å²) >= 11 is 11.8. The molecule has 1 amide bonds. The molecule has 0 bridgehead atoms. The molecule has 1 unspecified atom stereocenters. The monoisotopic (exact) mass is 316 g/mol. The third kappa shape index (κ3) is 4.85. The molecular formula is C14H18Cl2N2O2. The standard InChI is InChI=1S/C14H18Cl2N2O2/c15-10-4-5-12(16)13(9-10)18-14(19)20-8-6-11-3-1-2-7-17-11/h4-5,9,11,17H,1-3,6-8H2,(H,18,19). The van der Waals surface area contributed by atoms with Gasteiger partial charge in [-0.15, -0.1) is 0 Å². The maximum Gasteiger partial charge on any atom is 0.411 e. The number of piperidine rings is 1. The second-order valence-electron chi connectivity index (χ2n) is 4.82. The number of amides is 1. The SMILES string of the molecule is O=C(Nc1cc(Cl)ccc1Cl)OCCC1CCCCN1. The van der Waals surface area contributed by atoms with Crippen molar-refractivity contribution in [2.24, 2.45) is 0 Å². The summed E-state index contributed by atoms with van der Waals surface area (Å²) in [7, 11) is 0. The predicted molar refractivity (Wildman–Crippen MR) is 81.7 cm³/mol. The van der Waals surface area contributed by atoms with E-state index >= 15 is 0 Å². The number of hydrogen-bond donors (Lipinski definition) is 2. The van der Waals surface area contributed by atoms with Gasteiger partial charge in [0, 0.05) is 11.1 Å². The summed E-state index contributed by atoms with van der Waals surface area (Å²) in [6, 6.07) is 5.33. The summed E-state index contributed by atoms with van der Waals surface area (Å²) in [5.41, 5.74) is 0.458. The number of ether oxygens (including phenoxy) is 1. The lowest BCUT2D eigenvalue weighted by Crippen LogP contribution is -2.35. The van der Waals surface area contributed by atoms with Crippen molar-refractivity contribution in [2.75, 3.05) is 18.5 Å². The van der Waals surface area contributed by atoms with E-state index in [2.05, 4.69) is 10.6 Å². The van der Waals surface area contributed by atoms with Crippen LogP contribution in [0.2, 0.25) is 10.0 Å². The average molecular weight is 317 g/mol. The molecule has 2 N–H and O–H groups in total. The lowest BCUT2D eigenvalue weighted by Gasteiger charge is -2.23. The Kier molecular flexibility index (Phi) is 5.95. The first kappa shape index (κ1) is 15.4. The fraction of sp³-hybridized carbons (Fsp3) is 0.500. The number of carbonyl (C=O) groups is 1. The molecule has 4 nitrogen and oxygen atoms in total. The van der Waals surface area contributed by atoms with Crippen LogP contribution in [0.4, 0.5) is 10.5 Å². The minimum Gasteiger partial charge on any atom is -0.449 e. The van der Waals surface area contributed by atoms with E-state index in [0.29, 0.717) is 28.4 Å². The predicted octanol–water partition coefficient (Wildman–Crippen LogP) is 4.07. The van der Waals surface area contributed by atoms with Gasteiger partial charge in [0.15, 0.2) is 0 Å². The quantitative estimate of drug-likeness (QED) is 0.880. The summed E-state index contributed by atoms with van der Waals surface area (Å²) in [4.78, 5) is 11.7. The van der Waals surface area contributed by atoms with Crippen molar-refractivity contribution in [3.63, 3.8) is 0 Å². The van der Waals surface area contributed by atoms with E-state index in [9.17, 15) is 4.79 Å². The van der Waals surface area contributed by atoms with E-state index < -0.39 is 6.09 Å². The van der Waals surface area contributed by atoms with Gasteiger partial charge >= 0.3 is 6.09 Å². The molecule has 1 saturated heterocycles. The zero-order valence-corrected chi connectivity index (χ0v) is 12.6. The van der Waals surface area contributed by atoms with Crippen LogP contribution in [0.1, 0.15) is 25.7 Å². The van der Waals surface area contributed by atoms with Crippen LogP contribution in [0.15, 0.2) is 18.2 Å². The molecule has 1 aromatic carbocycles. The van der Waals surface area contributed by atoms with E-state index in [1.54, 1.807) is 18.2 Å². The number of rotatable bonds is 4. The highest BCUT2D eigenvalue weighted by Gasteiger charge is 2.13. The van der Waals surface area contributed by atoms with E-state index in [1.165, 1.54) is 12.8 Å². The lowest BCUT2D eigenvalue weighted by molar-refractivity contribution is 0.153. The third-order valence-electron chi connectivity index (χ3n) is 3.28. The van der Waals surface area contributed by atoms with Gasteiger partial charge in [0.1, 0.15) is 0 Å². The van der Waals surface area contributed by atoms with Gasteiger partial charge in [0.25, 0.3) is 0 Å².